The van der Waals surface area contributed by atoms with Crippen LogP contribution in [0.2, 0.25) is 0 Å². The van der Waals surface area contributed by atoms with Gasteiger partial charge in [0.1, 0.15) is 23.0 Å². The molecule has 0 aliphatic carbocycles. The zero-order valence-corrected chi connectivity index (χ0v) is 25.0. The number of rotatable bonds is 15. The summed E-state index contributed by atoms with van der Waals surface area (Å²) in [5.74, 6) is 2.00. The van der Waals surface area contributed by atoms with Gasteiger partial charge in [-0.1, -0.05) is 12.8 Å². The molecule has 0 atom stereocenters. The molecule has 0 bridgehead atoms. The smallest absolute Gasteiger partial charge is 0.311 e. The van der Waals surface area contributed by atoms with Crippen molar-refractivity contribution in [1.82, 2.24) is 0 Å². The van der Waals surface area contributed by atoms with Crippen LogP contribution in [0.25, 0.3) is 0 Å². The molecule has 8 nitrogen and oxygen atoms in total. The van der Waals surface area contributed by atoms with E-state index in [9.17, 15) is 9.59 Å². The molecule has 0 spiro atoms. The SMILES string of the molecule is COc1ccc(N=Cc2ccc(OC(=O)CCCCCCC(=O)Oc3ccc(C=Nc4ccc(OC)cc4)cc3)cc2)cc1. The highest BCUT2D eigenvalue weighted by molar-refractivity contribution is 5.83. The van der Waals surface area contributed by atoms with Crippen molar-refractivity contribution >= 4 is 35.7 Å². The van der Waals surface area contributed by atoms with E-state index in [0.29, 0.717) is 37.2 Å². The van der Waals surface area contributed by atoms with Crippen molar-refractivity contribution in [3.8, 4) is 23.0 Å². The molecule has 0 N–H and O–H groups in total. The first kappa shape index (κ1) is 31.7. The Balaban J connectivity index is 1.07. The van der Waals surface area contributed by atoms with Crippen LogP contribution in [-0.4, -0.2) is 38.6 Å². The molecule has 0 saturated heterocycles. The van der Waals surface area contributed by atoms with Gasteiger partial charge in [0.2, 0.25) is 0 Å². The summed E-state index contributed by atoms with van der Waals surface area (Å²) in [5.41, 5.74) is 3.42. The van der Waals surface area contributed by atoms with E-state index in [1.165, 1.54) is 0 Å². The molecule has 4 rings (SSSR count). The Morgan fingerprint density at radius 1 is 0.500 bits per heavy atom. The van der Waals surface area contributed by atoms with Crippen molar-refractivity contribution in [2.24, 2.45) is 9.98 Å². The van der Waals surface area contributed by atoms with Crippen LogP contribution in [0, 0.1) is 0 Å². The molecule has 0 fully saturated rings. The van der Waals surface area contributed by atoms with E-state index in [1.54, 1.807) is 50.9 Å². The van der Waals surface area contributed by atoms with Crippen molar-refractivity contribution in [2.75, 3.05) is 14.2 Å². The maximum atomic E-state index is 12.2. The van der Waals surface area contributed by atoms with Crippen LogP contribution >= 0.6 is 0 Å². The highest BCUT2D eigenvalue weighted by Gasteiger charge is 2.07. The lowest BCUT2D eigenvalue weighted by Gasteiger charge is -2.06. The summed E-state index contributed by atoms with van der Waals surface area (Å²) in [6.45, 7) is 0. The predicted molar refractivity (Wildman–Crippen MR) is 172 cm³/mol. The van der Waals surface area contributed by atoms with E-state index >= 15 is 0 Å². The van der Waals surface area contributed by atoms with Crippen molar-refractivity contribution in [3.05, 3.63) is 108 Å². The summed E-state index contributed by atoms with van der Waals surface area (Å²) in [6.07, 6.45) is 7.18. The van der Waals surface area contributed by atoms with Gasteiger partial charge in [-0.05, 0) is 121 Å². The van der Waals surface area contributed by atoms with Gasteiger partial charge in [-0.15, -0.1) is 0 Å². The quantitative estimate of drug-likeness (QED) is 0.0600. The first-order valence-corrected chi connectivity index (χ1v) is 14.5. The minimum Gasteiger partial charge on any atom is -0.497 e. The number of nitrogens with zero attached hydrogens (tertiary/aromatic N) is 2. The minimum absolute atomic E-state index is 0.276. The van der Waals surface area contributed by atoms with Crippen LogP contribution in [0.4, 0.5) is 11.4 Å². The number of unbranched alkanes of at least 4 members (excludes halogenated alkanes) is 3. The highest BCUT2D eigenvalue weighted by atomic mass is 16.5. The lowest BCUT2D eigenvalue weighted by Crippen LogP contribution is -2.08. The number of aliphatic imine (C=N–C) groups is 2. The zero-order chi connectivity index (χ0) is 31.0. The number of carbonyl (C=O) groups is 2. The number of hydrogen-bond donors (Lipinski definition) is 0. The molecule has 44 heavy (non-hydrogen) atoms. The van der Waals surface area contributed by atoms with E-state index in [1.807, 2.05) is 72.8 Å². The zero-order valence-electron chi connectivity index (χ0n) is 25.0. The third-order valence-electron chi connectivity index (χ3n) is 6.61. The number of benzene rings is 4. The molecule has 0 aliphatic rings. The first-order chi connectivity index (χ1) is 21.5. The largest absolute Gasteiger partial charge is 0.497 e. The maximum absolute atomic E-state index is 12.2. The fourth-order valence-electron chi connectivity index (χ4n) is 4.14. The Morgan fingerprint density at radius 2 is 0.841 bits per heavy atom. The molecule has 0 heterocycles. The molecule has 0 saturated carbocycles. The summed E-state index contributed by atoms with van der Waals surface area (Å²) in [4.78, 5) is 33.3. The van der Waals surface area contributed by atoms with Crippen LogP contribution in [0.1, 0.15) is 49.7 Å². The van der Waals surface area contributed by atoms with Gasteiger partial charge in [0.25, 0.3) is 0 Å². The maximum Gasteiger partial charge on any atom is 0.311 e. The average molecular weight is 593 g/mol. The molecule has 0 radical (unpaired) electrons. The second-order valence-electron chi connectivity index (χ2n) is 9.91. The Labute approximate surface area is 258 Å². The Hall–Kier alpha value is -5.24. The third-order valence-corrected chi connectivity index (χ3v) is 6.61. The van der Waals surface area contributed by atoms with Crippen molar-refractivity contribution in [2.45, 2.75) is 38.5 Å². The molecule has 226 valence electrons. The molecule has 8 heteroatoms. The number of methoxy groups -OCH3 is 2. The highest BCUT2D eigenvalue weighted by Crippen LogP contribution is 2.20. The lowest BCUT2D eigenvalue weighted by atomic mass is 10.1. The second-order valence-corrected chi connectivity index (χ2v) is 9.91. The summed E-state index contributed by atoms with van der Waals surface area (Å²) < 4.78 is 21.2. The molecular weight excluding hydrogens is 556 g/mol. The van der Waals surface area contributed by atoms with Crippen LogP contribution in [0.15, 0.2) is 107 Å². The lowest BCUT2D eigenvalue weighted by molar-refractivity contribution is -0.135. The number of ether oxygens (including phenoxy) is 4. The summed E-state index contributed by atoms with van der Waals surface area (Å²) in [7, 11) is 3.25. The summed E-state index contributed by atoms with van der Waals surface area (Å²) in [5, 5.41) is 0. The van der Waals surface area contributed by atoms with Gasteiger partial charge in [-0.25, -0.2) is 0 Å². The van der Waals surface area contributed by atoms with Gasteiger partial charge in [0.05, 0.1) is 25.6 Å². The molecule has 0 aromatic heterocycles. The molecule has 0 amide bonds. The topological polar surface area (TPSA) is 95.8 Å². The monoisotopic (exact) mass is 592 g/mol. The van der Waals surface area contributed by atoms with Crippen LogP contribution in [-0.2, 0) is 9.59 Å². The first-order valence-electron chi connectivity index (χ1n) is 14.5. The number of hydrogen-bond acceptors (Lipinski definition) is 8. The van der Waals surface area contributed by atoms with Crippen molar-refractivity contribution < 1.29 is 28.5 Å². The molecule has 0 unspecified atom stereocenters. The molecule has 0 aliphatic heterocycles. The van der Waals surface area contributed by atoms with E-state index < -0.39 is 0 Å². The Kier molecular flexibility index (Phi) is 12.3. The number of esters is 2. The van der Waals surface area contributed by atoms with Gasteiger partial charge >= 0.3 is 11.9 Å². The summed E-state index contributed by atoms with van der Waals surface area (Å²) in [6, 6.07) is 29.3. The molecule has 4 aromatic carbocycles. The van der Waals surface area contributed by atoms with E-state index in [0.717, 1.165) is 46.8 Å². The van der Waals surface area contributed by atoms with Crippen LogP contribution in [0.5, 0.6) is 23.0 Å². The third kappa shape index (κ3) is 10.9. The minimum atomic E-state index is -0.276. The van der Waals surface area contributed by atoms with Crippen molar-refractivity contribution in [3.63, 3.8) is 0 Å². The van der Waals surface area contributed by atoms with Crippen molar-refractivity contribution in [1.29, 1.82) is 0 Å². The average Bonchev–Trinajstić information content (AvgIpc) is 3.06. The standard InChI is InChI=1S/C36H36N2O6/c1-41-31-21-13-29(14-22-31)37-25-27-9-17-33(18-10-27)43-35(39)7-5-3-4-6-8-36(40)44-34-19-11-28(12-20-34)26-38-30-15-23-32(42-2)24-16-30/h9-26H,3-8H2,1-2H3. The van der Waals surface area contributed by atoms with E-state index in [2.05, 4.69) is 9.98 Å². The van der Waals surface area contributed by atoms with Gasteiger partial charge in [0.15, 0.2) is 0 Å². The Bertz CT molecular complexity index is 1410. The summed E-state index contributed by atoms with van der Waals surface area (Å²) >= 11 is 0. The van der Waals surface area contributed by atoms with E-state index in [-0.39, 0.29) is 11.9 Å². The Morgan fingerprint density at radius 3 is 1.18 bits per heavy atom. The molecular formula is C36H36N2O6. The normalized spacial score (nSPS) is 11.0. The molecule has 4 aromatic rings. The van der Waals surface area contributed by atoms with Gasteiger partial charge in [-0.3, -0.25) is 19.6 Å². The predicted octanol–water partition coefficient (Wildman–Crippen LogP) is 8.06. The van der Waals surface area contributed by atoms with E-state index in [4.69, 9.17) is 18.9 Å². The second kappa shape index (κ2) is 17.0. The fourth-order valence-corrected chi connectivity index (χ4v) is 4.14. The van der Waals surface area contributed by atoms with Gasteiger partial charge in [-0.2, -0.15) is 0 Å². The fraction of sp³-hybridized carbons (Fsp3) is 0.222. The van der Waals surface area contributed by atoms with Gasteiger partial charge in [0, 0.05) is 25.3 Å². The van der Waals surface area contributed by atoms with Crippen LogP contribution < -0.4 is 18.9 Å². The number of carbonyl (C=O) groups excluding carboxylic acids is 2. The van der Waals surface area contributed by atoms with Gasteiger partial charge < -0.3 is 18.9 Å². The van der Waals surface area contributed by atoms with Crippen LogP contribution in [0.3, 0.4) is 0 Å².